The number of ether oxygens (including phenoxy) is 2. The molecule has 1 N–H and O–H groups in total. The normalized spacial score (nSPS) is 28.2. The van der Waals surface area contributed by atoms with Gasteiger partial charge in [-0.1, -0.05) is 0 Å². The van der Waals surface area contributed by atoms with Crippen LogP contribution in [0.4, 0.5) is 0 Å². The Morgan fingerprint density at radius 3 is 2.67 bits per heavy atom. The Bertz CT molecular complexity index is 398. The average molecular weight is 251 g/mol. The number of carbonyl (C=O) groups is 1. The number of fused-ring (bicyclic) bond motifs is 1. The molecule has 0 saturated carbocycles. The number of amides is 1. The van der Waals surface area contributed by atoms with Gasteiger partial charge in [-0.2, -0.15) is 0 Å². The topological polar surface area (TPSA) is 59.0 Å². The minimum absolute atomic E-state index is 0.0520. The fourth-order valence-corrected chi connectivity index (χ4v) is 1.77. The Balaban J connectivity index is 2.09. The number of carbonyl (C=O) groups excluding carboxylic acids is 1. The fraction of sp³-hybridized carbons (Fsp3) is 0.462. The summed E-state index contributed by atoms with van der Waals surface area (Å²) >= 11 is 0. The molecule has 0 saturated heterocycles. The number of aliphatic hydroxyl groups is 1. The van der Waals surface area contributed by atoms with Crippen molar-refractivity contribution in [3.05, 3.63) is 35.8 Å². The number of hydrogen-bond donors (Lipinski definition) is 1. The van der Waals surface area contributed by atoms with E-state index in [2.05, 4.69) is 0 Å². The zero-order valence-corrected chi connectivity index (χ0v) is 10.2. The molecule has 1 amide bonds. The maximum Gasteiger partial charge on any atom is 0.251 e. The summed E-state index contributed by atoms with van der Waals surface area (Å²) in [5, 5.41) is 9.63. The summed E-state index contributed by atoms with van der Waals surface area (Å²) in [6.07, 6.45) is 7.05. The molecule has 5 heteroatoms. The summed E-state index contributed by atoms with van der Waals surface area (Å²) < 4.78 is 10.7. The van der Waals surface area contributed by atoms with E-state index in [4.69, 9.17) is 9.47 Å². The van der Waals surface area contributed by atoms with Gasteiger partial charge in [-0.15, -0.1) is 0 Å². The van der Waals surface area contributed by atoms with Gasteiger partial charge in [0.05, 0.1) is 32.2 Å². The Morgan fingerprint density at radius 1 is 1.06 bits per heavy atom. The Labute approximate surface area is 106 Å². The van der Waals surface area contributed by atoms with E-state index in [0.717, 1.165) is 5.70 Å². The number of aliphatic hydroxyl groups excluding tert-OH is 1. The minimum atomic E-state index is -0.0520. The van der Waals surface area contributed by atoms with Crippen molar-refractivity contribution >= 4 is 5.91 Å². The highest BCUT2D eigenvalue weighted by Crippen LogP contribution is 2.15. The molecule has 98 valence electrons. The molecule has 0 spiro atoms. The molecule has 2 heterocycles. The molecular weight excluding hydrogens is 234 g/mol. The second-order valence-electron chi connectivity index (χ2n) is 4.05. The molecule has 0 aromatic carbocycles. The quantitative estimate of drug-likeness (QED) is 0.701. The standard InChI is InChI=1S/C13H17NO4/c15-12-3-1-11-2-4-13(16)14(11)6-8-18-10-9-17-7-5-12/h1-4,15H,5-10H2/b11-1-,12-3+. The predicted octanol–water partition coefficient (Wildman–Crippen LogP) is 1.15. The van der Waals surface area contributed by atoms with E-state index in [1.165, 1.54) is 6.08 Å². The third-order valence-electron chi connectivity index (χ3n) is 2.75. The lowest BCUT2D eigenvalue weighted by molar-refractivity contribution is -0.123. The van der Waals surface area contributed by atoms with Crippen LogP contribution in [0.15, 0.2) is 35.8 Å². The van der Waals surface area contributed by atoms with Gasteiger partial charge in [-0.25, -0.2) is 0 Å². The summed E-state index contributed by atoms with van der Waals surface area (Å²) in [4.78, 5) is 13.2. The van der Waals surface area contributed by atoms with E-state index in [-0.39, 0.29) is 11.7 Å². The van der Waals surface area contributed by atoms with Crippen molar-refractivity contribution in [2.24, 2.45) is 0 Å². The van der Waals surface area contributed by atoms with Crippen LogP contribution in [0.2, 0.25) is 0 Å². The number of allylic oxidation sites excluding steroid dienone is 3. The summed E-state index contributed by atoms with van der Waals surface area (Å²) in [6.45, 7) is 2.45. The van der Waals surface area contributed by atoms with Gasteiger partial charge in [0, 0.05) is 24.7 Å². The Morgan fingerprint density at radius 2 is 1.83 bits per heavy atom. The molecule has 0 atom stereocenters. The first-order valence-electron chi connectivity index (χ1n) is 6.02. The lowest BCUT2D eigenvalue weighted by Crippen LogP contribution is -2.28. The largest absolute Gasteiger partial charge is 0.512 e. The molecule has 0 radical (unpaired) electrons. The predicted molar refractivity (Wildman–Crippen MR) is 65.9 cm³/mol. The van der Waals surface area contributed by atoms with Gasteiger partial charge in [-0.05, 0) is 18.2 Å². The van der Waals surface area contributed by atoms with Crippen molar-refractivity contribution in [2.75, 3.05) is 33.0 Å². The highest BCUT2D eigenvalue weighted by Gasteiger charge is 2.19. The third-order valence-corrected chi connectivity index (χ3v) is 2.75. The van der Waals surface area contributed by atoms with Crippen LogP contribution >= 0.6 is 0 Å². The number of nitrogens with zero attached hydrogens (tertiary/aromatic N) is 1. The molecule has 18 heavy (non-hydrogen) atoms. The van der Waals surface area contributed by atoms with E-state index < -0.39 is 0 Å². The molecule has 2 aliphatic rings. The van der Waals surface area contributed by atoms with Crippen LogP contribution in [0.3, 0.4) is 0 Å². The smallest absolute Gasteiger partial charge is 0.251 e. The first kappa shape index (κ1) is 12.9. The van der Waals surface area contributed by atoms with E-state index in [0.29, 0.717) is 39.4 Å². The van der Waals surface area contributed by atoms with Gasteiger partial charge < -0.3 is 19.5 Å². The lowest BCUT2D eigenvalue weighted by Gasteiger charge is -2.17. The Kier molecular flexibility index (Phi) is 4.55. The van der Waals surface area contributed by atoms with Gasteiger partial charge in [-0.3, -0.25) is 4.79 Å². The van der Waals surface area contributed by atoms with E-state index >= 15 is 0 Å². The molecule has 2 aliphatic heterocycles. The SMILES string of the molecule is O=C1C=C/C2=C/C=C(/O)CCOCCOCCN12. The summed E-state index contributed by atoms with van der Waals surface area (Å²) in [7, 11) is 0. The number of rotatable bonds is 0. The molecule has 0 fully saturated rings. The molecule has 2 rings (SSSR count). The summed E-state index contributed by atoms with van der Waals surface area (Å²) in [5.41, 5.74) is 0.773. The highest BCUT2D eigenvalue weighted by molar-refractivity contribution is 5.93. The van der Waals surface area contributed by atoms with E-state index in [1.54, 1.807) is 23.1 Å². The molecule has 0 aromatic rings. The van der Waals surface area contributed by atoms with Crippen molar-refractivity contribution in [1.82, 2.24) is 4.90 Å². The van der Waals surface area contributed by atoms with Crippen LogP contribution < -0.4 is 0 Å². The lowest BCUT2D eigenvalue weighted by atomic mass is 10.3. The summed E-state index contributed by atoms with van der Waals surface area (Å²) in [6, 6.07) is 0. The van der Waals surface area contributed by atoms with Gasteiger partial charge >= 0.3 is 0 Å². The fourth-order valence-electron chi connectivity index (χ4n) is 1.77. The second kappa shape index (κ2) is 6.37. The van der Waals surface area contributed by atoms with E-state index in [1.807, 2.05) is 0 Å². The molecule has 0 bridgehead atoms. The zero-order valence-electron chi connectivity index (χ0n) is 10.2. The van der Waals surface area contributed by atoms with Crippen LogP contribution in [0.25, 0.3) is 0 Å². The van der Waals surface area contributed by atoms with Crippen molar-refractivity contribution in [3.8, 4) is 0 Å². The maximum atomic E-state index is 11.6. The van der Waals surface area contributed by atoms with Crippen LogP contribution in [-0.4, -0.2) is 48.9 Å². The van der Waals surface area contributed by atoms with Gasteiger partial charge in [0.15, 0.2) is 0 Å². The molecule has 0 aliphatic carbocycles. The van der Waals surface area contributed by atoms with Crippen LogP contribution in [0.1, 0.15) is 6.42 Å². The van der Waals surface area contributed by atoms with Gasteiger partial charge in [0.2, 0.25) is 0 Å². The van der Waals surface area contributed by atoms with Gasteiger partial charge in [0.25, 0.3) is 5.91 Å². The zero-order chi connectivity index (χ0) is 12.8. The van der Waals surface area contributed by atoms with Crippen LogP contribution in [0, 0.1) is 0 Å². The monoisotopic (exact) mass is 251 g/mol. The van der Waals surface area contributed by atoms with Crippen molar-refractivity contribution in [2.45, 2.75) is 6.42 Å². The summed E-state index contributed by atoms with van der Waals surface area (Å²) in [5.74, 6) is 0.194. The molecule has 5 nitrogen and oxygen atoms in total. The van der Waals surface area contributed by atoms with Crippen molar-refractivity contribution < 1.29 is 19.4 Å². The Hall–Kier alpha value is -1.59. The van der Waals surface area contributed by atoms with Crippen LogP contribution in [-0.2, 0) is 14.3 Å². The second-order valence-corrected chi connectivity index (χ2v) is 4.05. The van der Waals surface area contributed by atoms with Crippen molar-refractivity contribution in [1.29, 1.82) is 0 Å². The number of hydrogen-bond acceptors (Lipinski definition) is 4. The van der Waals surface area contributed by atoms with Crippen molar-refractivity contribution in [3.63, 3.8) is 0 Å². The first-order valence-corrected chi connectivity index (χ1v) is 6.02. The molecular formula is C13H17NO4. The molecule has 0 aromatic heterocycles. The highest BCUT2D eigenvalue weighted by atomic mass is 16.5. The maximum absolute atomic E-state index is 11.6. The minimum Gasteiger partial charge on any atom is -0.512 e. The van der Waals surface area contributed by atoms with Gasteiger partial charge in [0.1, 0.15) is 0 Å². The third kappa shape index (κ3) is 3.45. The van der Waals surface area contributed by atoms with E-state index in [9.17, 15) is 9.90 Å². The van der Waals surface area contributed by atoms with Crippen LogP contribution in [0.5, 0.6) is 0 Å². The average Bonchev–Trinajstić information content (AvgIpc) is 2.71. The first-order chi connectivity index (χ1) is 8.77. The molecule has 0 unspecified atom stereocenters.